The van der Waals surface area contributed by atoms with Crippen LogP contribution >= 0.6 is 0 Å². The van der Waals surface area contributed by atoms with Gasteiger partial charge in [-0.05, 0) is 37.1 Å². The van der Waals surface area contributed by atoms with Crippen molar-refractivity contribution in [3.63, 3.8) is 0 Å². The molecule has 30 heavy (non-hydrogen) atoms. The van der Waals surface area contributed by atoms with E-state index in [1.165, 1.54) is 10.5 Å². The first-order chi connectivity index (χ1) is 14.3. The maximum absolute atomic E-state index is 13.5. The second-order valence-corrected chi connectivity index (χ2v) is 8.50. The number of carbonyl (C=O) groups is 2. The van der Waals surface area contributed by atoms with E-state index in [-0.39, 0.29) is 24.5 Å². The zero-order chi connectivity index (χ0) is 21.2. The van der Waals surface area contributed by atoms with Crippen molar-refractivity contribution in [2.24, 2.45) is 11.8 Å². The standard InChI is InChI=1S/C22H24N4O4/c1-12-5-6-15(9-13(12)2)26-11-22-8-7-16(30-22)18(19(22)21(26)28)20(27)25(4)10-17-24-23-14(3)29-17/h5-9,16,18-19H,10-11H2,1-4H3/t16-,18?,19?,22-/m0/s1. The van der Waals surface area contributed by atoms with Crippen LogP contribution in [0.3, 0.4) is 0 Å². The van der Waals surface area contributed by atoms with Crippen molar-refractivity contribution in [3.05, 3.63) is 53.3 Å². The Labute approximate surface area is 174 Å². The van der Waals surface area contributed by atoms with Crippen LogP contribution < -0.4 is 4.90 Å². The lowest BCUT2D eigenvalue weighted by molar-refractivity contribution is -0.139. The van der Waals surface area contributed by atoms with Gasteiger partial charge in [-0.1, -0.05) is 18.2 Å². The van der Waals surface area contributed by atoms with Crippen molar-refractivity contribution in [1.82, 2.24) is 15.1 Å². The van der Waals surface area contributed by atoms with Crippen molar-refractivity contribution < 1.29 is 18.7 Å². The van der Waals surface area contributed by atoms with Gasteiger partial charge >= 0.3 is 0 Å². The van der Waals surface area contributed by atoms with Gasteiger partial charge in [-0.15, -0.1) is 10.2 Å². The topological polar surface area (TPSA) is 88.8 Å². The first kappa shape index (κ1) is 19.0. The Morgan fingerprint density at radius 2 is 2.07 bits per heavy atom. The Hall–Kier alpha value is -3.00. The number of ether oxygens (including phenoxy) is 1. The van der Waals surface area contributed by atoms with Crippen LogP contribution in [0.15, 0.2) is 34.8 Å². The van der Waals surface area contributed by atoms with E-state index in [0.717, 1.165) is 11.3 Å². The van der Waals surface area contributed by atoms with Crippen molar-refractivity contribution in [3.8, 4) is 0 Å². The van der Waals surface area contributed by atoms with Crippen LogP contribution in [-0.2, 0) is 20.9 Å². The van der Waals surface area contributed by atoms with Gasteiger partial charge in [0.15, 0.2) is 0 Å². The summed E-state index contributed by atoms with van der Waals surface area (Å²) in [6, 6.07) is 5.98. The highest BCUT2D eigenvalue weighted by Gasteiger charge is 2.67. The lowest BCUT2D eigenvalue weighted by Gasteiger charge is -2.27. The van der Waals surface area contributed by atoms with Crippen LogP contribution in [0.2, 0.25) is 0 Å². The summed E-state index contributed by atoms with van der Waals surface area (Å²) in [4.78, 5) is 30.1. The Morgan fingerprint density at radius 1 is 1.27 bits per heavy atom. The number of rotatable bonds is 4. The molecular weight excluding hydrogens is 384 g/mol. The molecule has 2 unspecified atom stereocenters. The van der Waals surface area contributed by atoms with E-state index in [1.807, 2.05) is 44.2 Å². The number of hydrogen-bond acceptors (Lipinski definition) is 6. The maximum Gasteiger partial charge on any atom is 0.235 e. The fourth-order valence-electron chi connectivity index (χ4n) is 4.83. The largest absolute Gasteiger partial charge is 0.424 e. The normalized spacial score (nSPS) is 29.0. The van der Waals surface area contributed by atoms with Crippen molar-refractivity contribution in [2.75, 3.05) is 18.5 Å². The minimum Gasteiger partial charge on any atom is -0.424 e. The molecular formula is C22H24N4O4. The highest BCUT2D eigenvalue weighted by molar-refractivity contribution is 6.03. The van der Waals surface area contributed by atoms with Crippen molar-refractivity contribution in [1.29, 1.82) is 0 Å². The van der Waals surface area contributed by atoms with Gasteiger partial charge in [0, 0.05) is 19.7 Å². The molecule has 4 heterocycles. The predicted octanol–water partition coefficient (Wildman–Crippen LogP) is 1.94. The number of carbonyl (C=O) groups excluding carboxylic acids is 2. The van der Waals surface area contributed by atoms with Gasteiger partial charge in [0.25, 0.3) is 0 Å². The third-order valence-corrected chi connectivity index (χ3v) is 6.50. The first-order valence-electron chi connectivity index (χ1n) is 10.1. The molecule has 2 aromatic rings. The molecule has 2 bridgehead atoms. The lowest BCUT2D eigenvalue weighted by atomic mass is 9.76. The van der Waals surface area contributed by atoms with Gasteiger partial charge in [0.1, 0.15) is 5.60 Å². The number of benzene rings is 1. The van der Waals surface area contributed by atoms with Gasteiger partial charge in [-0.2, -0.15) is 0 Å². The molecule has 2 saturated heterocycles. The quantitative estimate of drug-likeness (QED) is 0.719. The number of anilines is 1. The molecule has 4 atom stereocenters. The zero-order valence-electron chi connectivity index (χ0n) is 17.5. The van der Waals surface area contributed by atoms with Crippen LogP contribution in [-0.4, -0.2) is 52.2 Å². The fraction of sp³-hybridized carbons (Fsp3) is 0.455. The number of nitrogens with zero attached hydrogens (tertiary/aromatic N) is 4. The molecule has 156 valence electrons. The number of fused-ring (bicyclic) bond motifs is 1. The van der Waals surface area contributed by atoms with E-state index in [2.05, 4.69) is 10.2 Å². The molecule has 2 fully saturated rings. The molecule has 0 N–H and O–H groups in total. The molecule has 0 saturated carbocycles. The smallest absolute Gasteiger partial charge is 0.235 e. The average molecular weight is 408 g/mol. The van der Waals surface area contributed by atoms with Crippen LogP contribution in [0.1, 0.15) is 22.9 Å². The Balaban J connectivity index is 1.42. The highest BCUT2D eigenvalue weighted by atomic mass is 16.5. The zero-order valence-corrected chi connectivity index (χ0v) is 17.5. The molecule has 8 nitrogen and oxygen atoms in total. The van der Waals surface area contributed by atoms with Gasteiger partial charge < -0.3 is 19.0 Å². The summed E-state index contributed by atoms with van der Waals surface area (Å²) in [5.41, 5.74) is 2.39. The Kier molecular flexibility index (Phi) is 4.12. The second kappa shape index (κ2) is 6.50. The first-order valence-corrected chi connectivity index (χ1v) is 10.1. The number of amides is 2. The Morgan fingerprint density at radius 3 is 2.77 bits per heavy atom. The Bertz CT molecular complexity index is 1080. The lowest BCUT2D eigenvalue weighted by Crippen LogP contribution is -2.44. The molecule has 0 aliphatic carbocycles. The fourth-order valence-corrected chi connectivity index (χ4v) is 4.83. The van der Waals surface area contributed by atoms with Gasteiger partial charge in [0.2, 0.25) is 23.6 Å². The monoisotopic (exact) mass is 408 g/mol. The van der Waals surface area contributed by atoms with Crippen molar-refractivity contribution in [2.45, 2.75) is 39.0 Å². The summed E-state index contributed by atoms with van der Waals surface area (Å²) in [5, 5.41) is 7.76. The summed E-state index contributed by atoms with van der Waals surface area (Å²) in [6.07, 6.45) is 3.49. The predicted molar refractivity (Wildman–Crippen MR) is 108 cm³/mol. The molecule has 2 amide bonds. The molecule has 1 spiro atoms. The van der Waals surface area contributed by atoms with Crippen LogP contribution in [0.4, 0.5) is 5.69 Å². The molecule has 0 radical (unpaired) electrons. The maximum atomic E-state index is 13.5. The summed E-state index contributed by atoms with van der Waals surface area (Å²) >= 11 is 0. The number of hydrogen-bond donors (Lipinski definition) is 0. The van der Waals surface area contributed by atoms with Gasteiger partial charge in [-0.3, -0.25) is 9.59 Å². The molecule has 3 aliphatic rings. The molecule has 5 rings (SSSR count). The summed E-state index contributed by atoms with van der Waals surface area (Å²) in [6.45, 7) is 6.39. The third kappa shape index (κ3) is 2.70. The van der Waals surface area contributed by atoms with Crippen LogP contribution in [0, 0.1) is 32.6 Å². The van der Waals surface area contributed by atoms with Gasteiger partial charge in [-0.25, -0.2) is 0 Å². The van der Waals surface area contributed by atoms with Crippen molar-refractivity contribution >= 4 is 17.5 Å². The second-order valence-electron chi connectivity index (χ2n) is 8.50. The molecule has 1 aromatic heterocycles. The van der Waals surface area contributed by atoms with Gasteiger partial charge in [0.05, 0.1) is 31.0 Å². The van der Waals surface area contributed by atoms with E-state index in [1.54, 1.807) is 18.9 Å². The molecule has 8 heteroatoms. The third-order valence-electron chi connectivity index (χ3n) is 6.50. The number of aryl methyl sites for hydroxylation is 3. The van der Waals surface area contributed by atoms with Crippen LogP contribution in [0.25, 0.3) is 0 Å². The minimum absolute atomic E-state index is 0.0644. The molecule has 3 aliphatic heterocycles. The van der Waals surface area contributed by atoms with E-state index in [4.69, 9.17) is 9.15 Å². The van der Waals surface area contributed by atoms with E-state index in [9.17, 15) is 9.59 Å². The average Bonchev–Trinajstić information content (AvgIpc) is 3.45. The summed E-state index contributed by atoms with van der Waals surface area (Å²) in [5.74, 6) is -0.493. The minimum atomic E-state index is -0.747. The van der Waals surface area contributed by atoms with E-state index < -0.39 is 17.4 Å². The SMILES string of the molecule is Cc1nnc(CN(C)C(=O)C2C3C(=O)N(c4ccc(C)c(C)c4)C[C@@]34C=C[C@@H]2O4)o1. The molecule has 1 aromatic carbocycles. The summed E-state index contributed by atoms with van der Waals surface area (Å²) in [7, 11) is 1.69. The highest BCUT2D eigenvalue weighted by Crippen LogP contribution is 2.53. The number of aromatic nitrogens is 2. The van der Waals surface area contributed by atoms with E-state index >= 15 is 0 Å². The van der Waals surface area contributed by atoms with Crippen LogP contribution in [0.5, 0.6) is 0 Å². The van der Waals surface area contributed by atoms with E-state index in [0.29, 0.717) is 18.3 Å². The summed E-state index contributed by atoms with van der Waals surface area (Å²) < 4.78 is 11.6.